The number of hydrogen-bond acceptors (Lipinski definition) is 12. The van der Waals surface area contributed by atoms with Crippen molar-refractivity contribution in [2.24, 2.45) is 0 Å². The minimum absolute atomic E-state index is 0.319. The summed E-state index contributed by atoms with van der Waals surface area (Å²) in [6.07, 6.45) is 3.19. The summed E-state index contributed by atoms with van der Waals surface area (Å²) in [4.78, 5) is 18.0. The molecule has 0 atom stereocenters. The van der Waals surface area contributed by atoms with E-state index in [1.807, 2.05) is 36.4 Å². The Balaban J connectivity index is 1.23. The van der Waals surface area contributed by atoms with E-state index in [9.17, 15) is 0 Å². The van der Waals surface area contributed by atoms with Gasteiger partial charge in [0.15, 0.2) is 5.82 Å². The predicted octanol–water partition coefficient (Wildman–Crippen LogP) is 5.67. The first-order valence-electron chi connectivity index (χ1n) is 14.4. The molecule has 14 heteroatoms. The highest BCUT2D eigenvalue weighted by atomic mass is 35.5. The van der Waals surface area contributed by atoms with Gasteiger partial charge in [0.1, 0.15) is 28.9 Å². The van der Waals surface area contributed by atoms with Gasteiger partial charge in [-0.05, 0) is 37.4 Å². The molecule has 2 N–H and O–H groups in total. The zero-order chi connectivity index (χ0) is 31.6. The van der Waals surface area contributed by atoms with E-state index < -0.39 is 8.38 Å². The monoisotopic (exact) mass is 653 g/mol. The lowest BCUT2D eigenvalue weighted by molar-refractivity contribution is 0.132. The number of methoxy groups -OCH3 is 1. The van der Waals surface area contributed by atoms with E-state index >= 15 is 0 Å². The van der Waals surface area contributed by atoms with Gasteiger partial charge in [0.2, 0.25) is 20.2 Å². The van der Waals surface area contributed by atoms with Gasteiger partial charge in [-0.3, -0.25) is 4.90 Å². The Bertz CT molecular complexity index is 1560. The average Bonchev–Trinajstić information content (AvgIpc) is 3.06. The van der Waals surface area contributed by atoms with Crippen molar-refractivity contribution in [2.45, 2.75) is 0 Å². The van der Waals surface area contributed by atoms with E-state index in [2.05, 4.69) is 42.4 Å². The molecule has 45 heavy (non-hydrogen) atoms. The smallest absolute Gasteiger partial charge is 0.229 e. The molecule has 4 aromatic rings. The minimum atomic E-state index is -1.27. The fraction of sp³-hybridized carbons (Fsp3) is 0.323. The SMILES string of the molecule is COc1cc(Oc2ccnc(OCCN3CCN(C)CC3)c2)ccc1Nc1ncc(Cl)c(Nc2ccccc2P(OC)OC)n1. The molecule has 12 nitrogen and oxygen atoms in total. The first-order valence-corrected chi connectivity index (χ1v) is 15.9. The fourth-order valence-electron chi connectivity index (χ4n) is 4.63. The van der Waals surface area contributed by atoms with Crippen molar-refractivity contribution in [3.05, 3.63) is 72.0 Å². The molecule has 238 valence electrons. The molecule has 3 heterocycles. The Morgan fingerprint density at radius 2 is 1.67 bits per heavy atom. The third-order valence-corrected chi connectivity index (χ3v) is 8.77. The summed E-state index contributed by atoms with van der Waals surface area (Å²) in [5.41, 5.74) is 1.40. The van der Waals surface area contributed by atoms with Gasteiger partial charge in [-0.1, -0.05) is 23.7 Å². The van der Waals surface area contributed by atoms with Gasteiger partial charge in [-0.2, -0.15) is 4.98 Å². The quantitative estimate of drug-likeness (QED) is 0.163. The minimum Gasteiger partial charge on any atom is -0.494 e. The largest absolute Gasteiger partial charge is 0.494 e. The summed E-state index contributed by atoms with van der Waals surface area (Å²) in [6.45, 7) is 5.66. The fourth-order valence-corrected chi connectivity index (χ4v) is 5.85. The molecule has 0 saturated carbocycles. The molecule has 0 spiro atoms. The van der Waals surface area contributed by atoms with Crippen molar-refractivity contribution in [3.63, 3.8) is 0 Å². The van der Waals surface area contributed by atoms with Crippen LogP contribution in [0.1, 0.15) is 0 Å². The van der Waals surface area contributed by atoms with Crippen molar-refractivity contribution in [3.8, 4) is 23.1 Å². The standard InChI is InChI=1S/C31H37ClN7O5P/c1-38-13-15-39(16-14-38)17-18-43-29-20-23(11-12-33-29)44-22-9-10-25(27(19-22)40-2)36-31-34-21-24(32)30(37-31)35-26-7-5-6-8-28(26)45(41-3)42-4/h5-12,19-21H,13-18H2,1-4H3,(H2,34,35,36,37). The van der Waals surface area contributed by atoms with Gasteiger partial charge >= 0.3 is 0 Å². The van der Waals surface area contributed by atoms with Crippen molar-refractivity contribution in [2.75, 3.05) is 78.3 Å². The molecule has 5 rings (SSSR count). The molecular formula is C31H37ClN7O5P. The molecule has 0 bridgehead atoms. The van der Waals surface area contributed by atoms with E-state index in [0.29, 0.717) is 52.2 Å². The Kier molecular flexibility index (Phi) is 11.6. The summed E-state index contributed by atoms with van der Waals surface area (Å²) < 4.78 is 28.7. The van der Waals surface area contributed by atoms with Gasteiger partial charge in [0, 0.05) is 65.3 Å². The summed E-state index contributed by atoms with van der Waals surface area (Å²) in [6, 6.07) is 16.6. The van der Waals surface area contributed by atoms with Crippen molar-refractivity contribution >= 4 is 48.4 Å². The zero-order valence-corrected chi connectivity index (χ0v) is 27.3. The molecule has 1 saturated heterocycles. The third-order valence-electron chi connectivity index (χ3n) is 7.04. The lowest BCUT2D eigenvalue weighted by Gasteiger charge is -2.32. The maximum atomic E-state index is 6.45. The number of rotatable bonds is 14. The topological polar surface area (TPSA) is 115 Å². The number of ether oxygens (including phenoxy) is 3. The summed E-state index contributed by atoms with van der Waals surface area (Å²) in [7, 11) is 5.67. The Morgan fingerprint density at radius 3 is 2.44 bits per heavy atom. The molecule has 2 aromatic heterocycles. The molecule has 2 aromatic carbocycles. The van der Waals surface area contributed by atoms with E-state index in [1.54, 1.807) is 45.7 Å². The number of piperazine rings is 1. The second-order valence-corrected chi connectivity index (χ2v) is 12.2. The molecule has 1 fully saturated rings. The Labute approximate surface area is 269 Å². The number of nitrogens with one attached hydrogen (secondary N) is 2. The van der Waals surface area contributed by atoms with Crippen LogP contribution in [0.2, 0.25) is 5.02 Å². The first kappa shape index (κ1) is 32.6. The molecule has 0 radical (unpaired) electrons. The van der Waals surface area contributed by atoms with E-state index in [4.69, 9.17) is 34.9 Å². The number of likely N-dealkylation sites (N-methyl/N-ethyl adjacent to an activating group) is 1. The van der Waals surface area contributed by atoms with E-state index in [1.165, 1.54) is 6.20 Å². The number of pyridine rings is 1. The summed E-state index contributed by atoms with van der Waals surface area (Å²) >= 11 is 6.45. The van der Waals surface area contributed by atoms with Gasteiger partial charge in [0.25, 0.3) is 0 Å². The number of hydrogen-bond donors (Lipinski definition) is 2. The Hall–Kier alpha value is -3.77. The van der Waals surface area contributed by atoms with Crippen LogP contribution in [0.4, 0.5) is 23.1 Å². The van der Waals surface area contributed by atoms with Crippen LogP contribution in [0.5, 0.6) is 23.1 Å². The maximum Gasteiger partial charge on any atom is 0.229 e. The average molecular weight is 654 g/mol. The third kappa shape index (κ3) is 8.91. The highest BCUT2D eigenvalue weighted by Gasteiger charge is 2.18. The highest BCUT2D eigenvalue weighted by molar-refractivity contribution is 7.56. The molecule has 1 aliphatic heterocycles. The van der Waals surface area contributed by atoms with E-state index in [-0.39, 0.29) is 0 Å². The second kappa shape index (κ2) is 16.0. The van der Waals surface area contributed by atoms with Crippen molar-refractivity contribution in [1.29, 1.82) is 0 Å². The number of benzene rings is 2. The lowest BCUT2D eigenvalue weighted by Crippen LogP contribution is -2.45. The second-order valence-electron chi connectivity index (χ2n) is 10.1. The summed E-state index contributed by atoms with van der Waals surface area (Å²) in [5.74, 6) is 2.97. The number of anilines is 4. The van der Waals surface area contributed by atoms with Crippen LogP contribution in [0.3, 0.4) is 0 Å². The van der Waals surface area contributed by atoms with Crippen molar-refractivity contribution in [1.82, 2.24) is 24.8 Å². The number of halogens is 1. The van der Waals surface area contributed by atoms with Crippen LogP contribution in [0.25, 0.3) is 0 Å². The van der Waals surface area contributed by atoms with Gasteiger partial charge in [-0.25, -0.2) is 9.97 Å². The zero-order valence-electron chi connectivity index (χ0n) is 25.7. The van der Waals surface area contributed by atoms with Crippen LogP contribution in [0.15, 0.2) is 67.0 Å². The normalized spacial score (nSPS) is 13.9. The Morgan fingerprint density at radius 1 is 0.889 bits per heavy atom. The molecule has 0 aliphatic carbocycles. The molecular weight excluding hydrogens is 617 g/mol. The lowest BCUT2D eigenvalue weighted by atomic mass is 10.2. The predicted molar refractivity (Wildman–Crippen MR) is 177 cm³/mol. The number of para-hydroxylation sites is 1. The van der Waals surface area contributed by atoms with Crippen molar-refractivity contribution < 1.29 is 23.3 Å². The maximum absolute atomic E-state index is 6.45. The van der Waals surface area contributed by atoms with Crippen LogP contribution >= 0.6 is 20.0 Å². The number of aromatic nitrogens is 3. The van der Waals surface area contributed by atoms with Crippen LogP contribution in [0, 0.1) is 0 Å². The highest BCUT2D eigenvalue weighted by Crippen LogP contribution is 2.39. The molecule has 0 amide bonds. The van der Waals surface area contributed by atoms with Gasteiger partial charge < -0.3 is 38.8 Å². The van der Waals surface area contributed by atoms with Gasteiger partial charge in [-0.15, -0.1) is 0 Å². The number of nitrogens with zero attached hydrogens (tertiary/aromatic N) is 5. The first-order chi connectivity index (χ1) is 21.9. The van der Waals surface area contributed by atoms with E-state index in [0.717, 1.165) is 43.7 Å². The summed E-state index contributed by atoms with van der Waals surface area (Å²) in [5, 5.41) is 7.70. The van der Waals surface area contributed by atoms with Gasteiger partial charge in [0.05, 0.1) is 30.0 Å². The van der Waals surface area contributed by atoms with Crippen LogP contribution in [-0.2, 0) is 9.05 Å². The molecule has 0 unspecified atom stereocenters. The molecule has 1 aliphatic rings. The van der Waals surface area contributed by atoms with Crippen LogP contribution in [-0.4, -0.2) is 92.5 Å². The van der Waals surface area contributed by atoms with Crippen LogP contribution < -0.4 is 30.1 Å².